The van der Waals surface area contributed by atoms with E-state index in [1.54, 1.807) is 7.11 Å². The number of carbonyl (C=O) groups is 1. The van der Waals surface area contributed by atoms with E-state index >= 15 is 0 Å². The number of anilines is 1. The highest BCUT2D eigenvalue weighted by atomic mass is 16.5. The van der Waals surface area contributed by atoms with Crippen LogP contribution in [0.4, 0.5) is 5.69 Å². The van der Waals surface area contributed by atoms with Gasteiger partial charge in [0.25, 0.3) is 0 Å². The van der Waals surface area contributed by atoms with Crippen molar-refractivity contribution in [3.05, 3.63) is 59.7 Å². The van der Waals surface area contributed by atoms with Crippen LogP contribution in [0.2, 0.25) is 0 Å². The van der Waals surface area contributed by atoms with Gasteiger partial charge in [-0.1, -0.05) is 49.6 Å². The highest BCUT2D eigenvalue weighted by molar-refractivity contribution is 5.92. The van der Waals surface area contributed by atoms with Gasteiger partial charge in [-0.25, -0.2) is 0 Å². The third-order valence-electron chi connectivity index (χ3n) is 5.06. The molecule has 138 valence electrons. The van der Waals surface area contributed by atoms with Gasteiger partial charge in [0, 0.05) is 17.8 Å². The van der Waals surface area contributed by atoms with Gasteiger partial charge < -0.3 is 15.4 Å². The summed E-state index contributed by atoms with van der Waals surface area (Å²) in [6.07, 6.45) is 6.62. The smallest absolute Gasteiger partial charge is 0.238 e. The van der Waals surface area contributed by atoms with Crippen LogP contribution in [0, 0.1) is 0 Å². The van der Waals surface area contributed by atoms with Gasteiger partial charge >= 0.3 is 0 Å². The Hall–Kier alpha value is -2.33. The summed E-state index contributed by atoms with van der Waals surface area (Å²) in [7, 11) is 1.66. The van der Waals surface area contributed by atoms with Crippen LogP contribution in [0.5, 0.6) is 5.75 Å². The van der Waals surface area contributed by atoms with E-state index in [4.69, 9.17) is 4.74 Å². The van der Waals surface area contributed by atoms with Crippen molar-refractivity contribution in [3.63, 3.8) is 0 Å². The van der Waals surface area contributed by atoms with Crippen molar-refractivity contribution < 1.29 is 9.53 Å². The van der Waals surface area contributed by atoms with E-state index in [1.807, 2.05) is 36.4 Å². The molecule has 3 rings (SSSR count). The standard InChI is InChI=1S/C22H28N2O2/c1-26-21-10-6-5-9-19(21)15-23-16-22(25)24-20-13-11-18(12-14-20)17-7-3-2-4-8-17/h5-6,9-14,17,23H,2-4,7-8,15-16H2,1H3,(H,24,25). The lowest BCUT2D eigenvalue weighted by atomic mass is 9.84. The molecule has 1 aliphatic carbocycles. The Morgan fingerprint density at radius 2 is 1.77 bits per heavy atom. The molecule has 2 aromatic carbocycles. The second kappa shape index (κ2) is 9.39. The maximum atomic E-state index is 12.1. The van der Waals surface area contributed by atoms with Crippen LogP contribution in [-0.2, 0) is 11.3 Å². The number of ether oxygens (including phenoxy) is 1. The van der Waals surface area contributed by atoms with Crippen LogP contribution >= 0.6 is 0 Å². The number of hydrogen-bond acceptors (Lipinski definition) is 3. The number of amides is 1. The van der Waals surface area contributed by atoms with Crippen LogP contribution < -0.4 is 15.4 Å². The van der Waals surface area contributed by atoms with Crippen LogP contribution in [0.15, 0.2) is 48.5 Å². The average Bonchev–Trinajstić information content (AvgIpc) is 2.69. The zero-order valence-electron chi connectivity index (χ0n) is 15.5. The van der Waals surface area contributed by atoms with Crippen molar-refractivity contribution in [2.75, 3.05) is 19.0 Å². The fourth-order valence-corrected chi connectivity index (χ4v) is 3.64. The molecule has 2 aromatic rings. The highest BCUT2D eigenvalue weighted by Crippen LogP contribution is 2.32. The molecular weight excluding hydrogens is 324 g/mol. The van der Waals surface area contributed by atoms with Gasteiger partial charge in [-0.3, -0.25) is 4.79 Å². The second-order valence-corrected chi connectivity index (χ2v) is 6.92. The van der Waals surface area contributed by atoms with Gasteiger partial charge in [0.2, 0.25) is 5.91 Å². The molecule has 1 amide bonds. The Labute approximate surface area is 156 Å². The van der Waals surface area contributed by atoms with Gasteiger partial charge in [0.15, 0.2) is 0 Å². The van der Waals surface area contributed by atoms with Gasteiger partial charge in [0.1, 0.15) is 5.75 Å². The summed E-state index contributed by atoms with van der Waals surface area (Å²) >= 11 is 0. The van der Waals surface area contributed by atoms with Crippen molar-refractivity contribution in [2.45, 2.75) is 44.6 Å². The van der Waals surface area contributed by atoms with Gasteiger partial charge in [-0.2, -0.15) is 0 Å². The van der Waals surface area contributed by atoms with E-state index in [9.17, 15) is 4.79 Å². The topological polar surface area (TPSA) is 50.4 Å². The minimum absolute atomic E-state index is 0.0367. The second-order valence-electron chi connectivity index (χ2n) is 6.92. The normalized spacial score (nSPS) is 14.8. The van der Waals surface area contributed by atoms with Crippen molar-refractivity contribution in [2.24, 2.45) is 0 Å². The monoisotopic (exact) mass is 352 g/mol. The molecule has 0 saturated heterocycles. The predicted molar refractivity (Wildman–Crippen MR) is 106 cm³/mol. The minimum Gasteiger partial charge on any atom is -0.496 e. The number of nitrogens with one attached hydrogen (secondary N) is 2. The lowest BCUT2D eigenvalue weighted by molar-refractivity contribution is -0.115. The van der Waals surface area contributed by atoms with Crippen molar-refractivity contribution >= 4 is 11.6 Å². The first-order valence-electron chi connectivity index (χ1n) is 9.48. The Kier molecular flexibility index (Phi) is 6.67. The fourth-order valence-electron chi connectivity index (χ4n) is 3.64. The van der Waals surface area contributed by atoms with Gasteiger partial charge in [-0.05, 0) is 42.5 Å². The molecule has 0 atom stereocenters. The molecule has 1 saturated carbocycles. The Bertz CT molecular complexity index is 706. The molecule has 4 nitrogen and oxygen atoms in total. The predicted octanol–water partition coefficient (Wildman–Crippen LogP) is 4.47. The summed E-state index contributed by atoms with van der Waals surface area (Å²) in [5.74, 6) is 1.49. The number of rotatable bonds is 7. The molecule has 0 aromatic heterocycles. The van der Waals surface area contributed by atoms with Crippen LogP contribution in [-0.4, -0.2) is 19.6 Å². The largest absolute Gasteiger partial charge is 0.496 e. The SMILES string of the molecule is COc1ccccc1CNCC(=O)Nc1ccc(C2CCCCC2)cc1. The maximum Gasteiger partial charge on any atom is 0.238 e. The lowest BCUT2D eigenvalue weighted by Gasteiger charge is -2.22. The summed E-state index contributed by atoms with van der Waals surface area (Å²) in [4.78, 5) is 12.1. The fraction of sp³-hybridized carbons (Fsp3) is 0.409. The molecule has 1 fully saturated rings. The lowest BCUT2D eigenvalue weighted by Crippen LogP contribution is -2.27. The van der Waals surface area contributed by atoms with Gasteiger partial charge in [0.05, 0.1) is 13.7 Å². The van der Waals surface area contributed by atoms with E-state index in [2.05, 4.69) is 22.8 Å². The summed E-state index contributed by atoms with van der Waals surface area (Å²) in [6, 6.07) is 16.2. The number of carbonyl (C=O) groups excluding carboxylic acids is 1. The third kappa shape index (κ3) is 5.09. The molecule has 2 N–H and O–H groups in total. The van der Waals surface area contributed by atoms with E-state index in [0.717, 1.165) is 17.0 Å². The molecule has 26 heavy (non-hydrogen) atoms. The Balaban J connectivity index is 1.45. The molecular formula is C22H28N2O2. The zero-order chi connectivity index (χ0) is 18.2. The Morgan fingerprint density at radius 1 is 1.04 bits per heavy atom. The average molecular weight is 352 g/mol. The molecule has 1 aliphatic rings. The summed E-state index contributed by atoms with van der Waals surface area (Å²) < 4.78 is 5.32. The minimum atomic E-state index is -0.0367. The van der Waals surface area contributed by atoms with E-state index in [0.29, 0.717) is 12.5 Å². The van der Waals surface area contributed by atoms with Crippen LogP contribution in [0.25, 0.3) is 0 Å². The summed E-state index contributed by atoms with van der Waals surface area (Å²) in [5.41, 5.74) is 3.30. The molecule has 4 heteroatoms. The Morgan fingerprint density at radius 3 is 2.50 bits per heavy atom. The first-order valence-corrected chi connectivity index (χ1v) is 9.48. The first kappa shape index (κ1) is 18.5. The molecule has 0 radical (unpaired) electrons. The van der Waals surface area contributed by atoms with Crippen LogP contribution in [0.3, 0.4) is 0 Å². The number of hydrogen-bond donors (Lipinski definition) is 2. The summed E-state index contributed by atoms with van der Waals surface area (Å²) in [6.45, 7) is 0.862. The van der Waals surface area contributed by atoms with Crippen LogP contribution in [0.1, 0.15) is 49.1 Å². The van der Waals surface area contributed by atoms with Crippen molar-refractivity contribution in [1.82, 2.24) is 5.32 Å². The van der Waals surface area contributed by atoms with Crippen molar-refractivity contribution in [1.29, 1.82) is 0 Å². The number of benzene rings is 2. The molecule has 0 heterocycles. The van der Waals surface area contributed by atoms with E-state index in [-0.39, 0.29) is 12.5 Å². The van der Waals surface area contributed by atoms with Gasteiger partial charge in [-0.15, -0.1) is 0 Å². The molecule has 0 spiro atoms. The zero-order valence-corrected chi connectivity index (χ0v) is 15.5. The molecule has 0 bridgehead atoms. The highest BCUT2D eigenvalue weighted by Gasteiger charge is 2.15. The quantitative estimate of drug-likeness (QED) is 0.773. The third-order valence-corrected chi connectivity index (χ3v) is 5.06. The molecule has 0 aliphatic heterocycles. The maximum absolute atomic E-state index is 12.1. The number of para-hydroxylation sites is 1. The first-order chi connectivity index (χ1) is 12.8. The number of methoxy groups -OCH3 is 1. The van der Waals surface area contributed by atoms with Crippen molar-refractivity contribution in [3.8, 4) is 5.75 Å². The van der Waals surface area contributed by atoms with E-state index in [1.165, 1.54) is 37.7 Å². The van der Waals surface area contributed by atoms with E-state index < -0.39 is 0 Å². The summed E-state index contributed by atoms with van der Waals surface area (Å²) in [5, 5.41) is 6.12. The molecule has 0 unspecified atom stereocenters.